The van der Waals surface area contributed by atoms with Crippen molar-refractivity contribution in [3.63, 3.8) is 0 Å². The molecule has 2 N–H and O–H groups in total. The molecule has 134 valence electrons. The monoisotopic (exact) mass is 351 g/mol. The van der Waals surface area contributed by atoms with Crippen LogP contribution in [0.2, 0.25) is 0 Å². The van der Waals surface area contributed by atoms with Crippen LogP contribution < -0.4 is 10.6 Å². The van der Waals surface area contributed by atoms with Gasteiger partial charge in [-0.1, -0.05) is 37.3 Å². The first-order valence-electron chi connectivity index (χ1n) is 8.67. The van der Waals surface area contributed by atoms with Gasteiger partial charge in [-0.3, -0.25) is 0 Å². The first-order chi connectivity index (χ1) is 12.7. The number of benzene rings is 2. The van der Waals surface area contributed by atoms with Crippen LogP contribution in [0.15, 0.2) is 66.9 Å². The van der Waals surface area contributed by atoms with E-state index in [1.165, 1.54) is 12.1 Å². The number of aryl methyl sites for hydroxylation is 1. The first kappa shape index (κ1) is 17.7. The van der Waals surface area contributed by atoms with Crippen LogP contribution in [0, 0.1) is 5.82 Å². The predicted octanol–water partition coefficient (Wildman–Crippen LogP) is 4.56. The topological polar surface area (TPSA) is 46.1 Å². The highest BCUT2D eigenvalue weighted by atomic mass is 19.1. The van der Waals surface area contributed by atoms with Gasteiger partial charge in [-0.05, 0) is 47.9 Å². The number of carbonyl (C=O) groups excluding carboxylic acids is 1. The minimum atomic E-state index is -0.243. The molecular weight excluding hydrogens is 329 g/mol. The van der Waals surface area contributed by atoms with Gasteiger partial charge in [0.15, 0.2) is 0 Å². The van der Waals surface area contributed by atoms with E-state index >= 15 is 0 Å². The Bertz CT molecular complexity index is 871. The van der Waals surface area contributed by atoms with Crippen LogP contribution >= 0.6 is 0 Å². The summed E-state index contributed by atoms with van der Waals surface area (Å²) in [6, 6.07) is 17.9. The molecule has 2 aromatic carbocycles. The second kappa shape index (κ2) is 8.34. The number of carbonyl (C=O) groups is 1. The molecule has 0 aliphatic heterocycles. The van der Waals surface area contributed by atoms with Gasteiger partial charge in [-0.15, -0.1) is 0 Å². The van der Waals surface area contributed by atoms with Gasteiger partial charge >= 0.3 is 6.03 Å². The number of hydrogen-bond acceptors (Lipinski definition) is 1. The third-order valence-electron chi connectivity index (χ3n) is 4.27. The molecule has 4 nitrogen and oxygen atoms in total. The van der Waals surface area contributed by atoms with Gasteiger partial charge in [-0.25, -0.2) is 9.18 Å². The molecule has 0 saturated heterocycles. The lowest BCUT2D eigenvalue weighted by Gasteiger charge is -2.13. The molecule has 0 unspecified atom stereocenters. The molecule has 26 heavy (non-hydrogen) atoms. The zero-order chi connectivity index (χ0) is 18.4. The molecule has 0 radical (unpaired) electrons. The zero-order valence-corrected chi connectivity index (χ0v) is 14.7. The third kappa shape index (κ3) is 4.51. The maximum Gasteiger partial charge on any atom is 0.319 e. The van der Waals surface area contributed by atoms with E-state index in [4.69, 9.17) is 0 Å². The Morgan fingerprint density at radius 1 is 1.04 bits per heavy atom. The van der Waals surface area contributed by atoms with Gasteiger partial charge < -0.3 is 15.2 Å². The Hall–Kier alpha value is -3.08. The fourth-order valence-corrected chi connectivity index (χ4v) is 2.84. The van der Waals surface area contributed by atoms with Gasteiger partial charge in [0.25, 0.3) is 0 Å². The van der Waals surface area contributed by atoms with E-state index in [2.05, 4.69) is 17.6 Å². The van der Waals surface area contributed by atoms with Crippen molar-refractivity contribution in [2.45, 2.75) is 26.4 Å². The Balaban J connectivity index is 1.59. The van der Waals surface area contributed by atoms with Crippen LogP contribution in [0.4, 0.5) is 14.9 Å². The summed E-state index contributed by atoms with van der Waals surface area (Å²) >= 11 is 0. The van der Waals surface area contributed by atoms with Crippen LogP contribution in [-0.4, -0.2) is 10.6 Å². The van der Waals surface area contributed by atoms with Crippen molar-refractivity contribution < 1.29 is 9.18 Å². The predicted molar refractivity (Wildman–Crippen MR) is 102 cm³/mol. The summed E-state index contributed by atoms with van der Waals surface area (Å²) < 4.78 is 15.1. The largest absolute Gasteiger partial charge is 0.345 e. The fourth-order valence-electron chi connectivity index (χ4n) is 2.84. The normalized spacial score (nSPS) is 10.5. The summed E-state index contributed by atoms with van der Waals surface area (Å²) in [7, 11) is 0. The highest BCUT2D eigenvalue weighted by Gasteiger charge is 2.07. The van der Waals surface area contributed by atoms with Crippen molar-refractivity contribution in [2.24, 2.45) is 0 Å². The average Bonchev–Trinajstić information content (AvgIpc) is 3.09. The number of amides is 2. The second-order valence-electron chi connectivity index (χ2n) is 6.07. The first-order valence-corrected chi connectivity index (χ1v) is 8.67. The Morgan fingerprint density at radius 3 is 2.58 bits per heavy atom. The summed E-state index contributed by atoms with van der Waals surface area (Å²) in [5, 5.41) is 5.79. The van der Waals surface area contributed by atoms with Crippen molar-refractivity contribution in [2.75, 3.05) is 5.32 Å². The molecule has 0 fully saturated rings. The van der Waals surface area contributed by atoms with Crippen molar-refractivity contribution in [3.8, 4) is 0 Å². The summed E-state index contributed by atoms with van der Waals surface area (Å²) in [5.41, 5.74) is 3.91. The lowest BCUT2D eigenvalue weighted by Crippen LogP contribution is -2.29. The Kier molecular flexibility index (Phi) is 5.69. The van der Waals surface area contributed by atoms with E-state index in [0.717, 1.165) is 28.9 Å². The van der Waals surface area contributed by atoms with Crippen LogP contribution in [0.3, 0.4) is 0 Å². The van der Waals surface area contributed by atoms with E-state index in [0.29, 0.717) is 13.1 Å². The van der Waals surface area contributed by atoms with Gasteiger partial charge in [0.05, 0.1) is 6.54 Å². The summed E-state index contributed by atoms with van der Waals surface area (Å²) in [6.07, 6.45) is 2.81. The molecule has 1 aromatic heterocycles. The quantitative estimate of drug-likeness (QED) is 0.672. The van der Waals surface area contributed by atoms with E-state index in [1.807, 2.05) is 47.2 Å². The molecule has 0 aliphatic carbocycles. The molecular formula is C21H22FN3O. The molecule has 0 saturated carbocycles. The van der Waals surface area contributed by atoms with E-state index in [9.17, 15) is 9.18 Å². The number of nitrogens with one attached hydrogen (secondary N) is 2. The zero-order valence-electron chi connectivity index (χ0n) is 14.7. The number of rotatable bonds is 6. The van der Waals surface area contributed by atoms with Crippen molar-refractivity contribution in [1.82, 2.24) is 9.88 Å². The van der Waals surface area contributed by atoms with Gasteiger partial charge in [-0.2, -0.15) is 0 Å². The number of hydrogen-bond donors (Lipinski definition) is 2. The molecule has 0 aliphatic rings. The molecule has 5 heteroatoms. The van der Waals surface area contributed by atoms with Crippen LogP contribution in [-0.2, 0) is 19.5 Å². The summed E-state index contributed by atoms with van der Waals surface area (Å²) in [4.78, 5) is 12.2. The highest BCUT2D eigenvalue weighted by molar-refractivity contribution is 5.90. The number of para-hydroxylation sites is 1. The smallest absolute Gasteiger partial charge is 0.319 e. The standard InChI is InChI=1S/C21H22FN3O/c1-2-17-6-3-4-8-20(17)24-21(26)23-14-19-7-5-13-25(19)15-16-9-11-18(22)12-10-16/h3-13H,2,14-15H2,1H3,(H2,23,24,26). The van der Waals surface area contributed by atoms with Crippen molar-refractivity contribution in [3.05, 3.63) is 89.5 Å². The maximum absolute atomic E-state index is 13.0. The summed E-state index contributed by atoms with van der Waals surface area (Å²) in [5.74, 6) is -0.243. The lowest BCUT2D eigenvalue weighted by atomic mass is 10.1. The minimum Gasteiger partial charge on any atom is -0.345 e. The fraction of sp³-hybridized carbons (Fsp3) is 0.190. The van der Waals surface area contributed by atoms with E-state index < -0.39 is 0 Å². The van der Waals surface area contributed by atoms with Crippen LogP contribution in [0.1, 0.15) is 23.7 Å². The molecule has 0 spiro atoms. The molecule has 1 heterocycles. The van der Waals surface area contributed by atoms with Crippen molar-refractivity contribution >= 4 is 11.7 Å². The van der Waals surface area contributed by atoms with Gasteiger partial charge in [0.2, 0.25) is 0 Å². The maximum atomic E-state index is 13.0. The molecule has 0 bridgehead atoms. The molecule has 3 aromatic rings. The van der Waals surface area contributed by atoms with Crippen LogP contribution in [0.5, 0.6) is 0 Å². The number of halogens is 1. The van der Waals surface area contributed by atoms with Crippen LogP contribution in [0.25, 0.3) is 0 Å². The Labute approximate surface area is 152 Å². The average molecular weight is 351 g/mol. The molecule has 2 amide bonds. The minimum absolute atomic E-state index is 0.236. The number of aromatic nitrogens is 1. The van der Waals surface area contributed by atoms with E-state index in [-0.39, 0.29) is 11.8 Å². The number of anilines is 1. The molecule has 3 rings (SSSR count). The number of nitrogens with zero attached hydrogens (tertiary/aromatic N) is 1. The number of urea groups is 1. The Morgan fingerprint density at radius 2 is 1.81 bits per heavy atom. The third-order valence-corrected chi connectivity index (χ3v) is 4.27. The lowest BCUT2D eigenvalue weighted by molar-refractivity contribution is 0.251. The SMILES string of the molecule is CCc1ccccc1NC(=O)NCc1cccn1Cc1ccc(F)cc1. The van der Waals surface area contributed by atoms with Gasteiger partial charge in [0.1, 0.15) is 5.82 Å². The van der Waals surface area contributed by atoms with Crippen molar-refractivity contribution in [1.29, 1.82) is 0 Å². The van der Waals surface area contributed by atoms with E-state index in [1.54, 1.807) is 12.1 Å². The van der Waals surface area contributed by atoms with Gasteiger partial charge in [0, 0.05) is 24.1 Å². The molecule has 0 atom stereocenters. The summed E-state index contributed by atoms with van der Waals surface area (Å²) in [6.45, 7) is 3.10. The highest BCUT2D eigenvalue weighted by Crippen LogP contribution is 2.15. The second-order valence-corrected chi connectivity index (χ2v) is 6.07.